The third-order valence-electron chi connectivity index (χ3n) is 2.85. The third kappa shape index (κ3) is 3.13. The Bertz CT molecular complexity index is 492. The molecule has 0 bridgehead atoms. The molecule has 1 aromatic heterocycles. The highest BCUT2D eigenvalue weighted by molar-refractivity contribution is 5.17. The van der Waals surface area contributed by atoms with Crippen molar-refractivity contribution in [2.75, 3.05) is 0 Å². The highest BCUT2D eigenvalue weighted by atomic mass is 19.1. The van der Waals surface area contributed by atoms with Gasteiger partial charge in [-0.05, 0) is 31.0 Å². The predicted octanol–water partition coefficient (Wildman–Crippen LogP) is 1.55. The van der Waals surface area contributed by atoms with Gasteiger partial charge in [-0.15, -0.1) is 0 Å². The van der Waals surface area contributed by atoms with Crippen LogP contribution in [-0.2, 0) is 19.4 Å². The number of hydrogen-bond acceptors (Lipinski definition) is 3. The molecule has 2 aromatic rings. The number of hydrogen-bond donors (Lipinski definition) is 1. The predicted molar refractivity (Wildman–Crippen MR) is 67.5 cm³/mol. The summed E-state index contributed by atoms with van der Waals surface area (Å²) in [7, 11) is 0. The molecule has 0 saturated heterocycles. The van der Waals surface area contributed by atoms with E-state index in [1.54, 1.807) is 18.5 Å². The highest BCUT2D eigenvalue weighted by Gasteiger charge is 2.10. The number of nitrogens with two attached hydrogens (primary N) is 1. The minimum Gasteiger partial charge on any atom is -0.327 e. The SMILES string of the molecule is CCn1ncnc1CC(N)Cc1ccc(F)cc1. The number of aryl methyl sites for hydroxylation is 1. The van der Waals surface area contributed by atoms with Gasteiger partial charge < -0.3 is 5.73 Å². The van der Waals surface area contributed by atoms with Crippen molar-refractivity contribution >= 4 is 0 Å². The molecule has 0 fully saturated rings. The molecular weight excluding hydrogens is 231 g/mol. The molecule has 1 atom stereocenters. The molecule has 0 aliphatic carbocycles. The largest absolute Gasteiger partial charge is 0.327 e. The first-order valence-corrected chi connectivity index (χ1v) is 6.05. The van der Waals surface area contributed by atoms with Gasteiger partial charge in [-0.2, -0.15) is 5.10 Å². The summed E-state index contributed by atoms with van der Waals surface area (Å²) in [6.07, 6.45) is 2.92. The van der Waals surface area contributed by atoms with Gasteiger partial charge in [0.2, 0.25) is 0 Å². The monoisotopic (exact) mass is 248 g/mol. The average molecular weight is 248 g/mol. The second-order valence-corrected chi connectivity index (χ2v) is 4.29. The zero-order chi connectivity index (χ0) is 13.0. The van der Waals surface area contributed by atoms with Gasteiger partial charge in [0.25, 0.3) is 0 Å². The molecule has 1 aromatic carbocycles. The molecule has 4 nitrogen and oxygen atoms in total. The van der Waals surface area contributed by atoms with Gasteiger partial charge >= 0.3 is 0 Å². The maximum absolute atomic E-state index is 12.8. The fourth-order valence-electron chi connectivity index (χ4n) is 1.94. The van der Waals surface area contributed by atoms with E-state index < -0.39 is 0 Å². The quantitative estimate of drug-likeness (QED) is 0.873. The summed E-state index contributed by atoms with van der Waals surface area (Å²) in [5.41, 5.74) is 7.12. The van der Waals surface area contributed by atoms with Gasteiger partial charge in [-0.1, -0.05) is 12.1 Å². The molecule has 0 amide bonds. The van der Waals surface area contributed by atoms with E-state index >= 15 is 0 Å². The minimum absolute atomic E-state index is 0.0371. The van der Waals surface area contributed by atoms with E-state index in [0.717, 1.165) is 17.9 Å². The summed E-state index contributed by atoms with van der Waals surface area (Å²) >= 11 is 0. The van der Waals surface area contributed by atoms with E-state index in [4.69, 9.17) is 5.73 Å². The Morgan fingerprint density at radius 2 is 2.00 bits per heavy atom. The first-order chi connectivity index (χ1) is 8.69. The molecule has 5 heteroatoms. The highest BCUT2D eigenvalue weighted by Crippen LogP contribution is 2.07. The molecular formula is C13H17FN4. The molecule has 1 unspecified atom stereocenters. The normalized spacial score (nSPS) is 12.6. The van der Waals surface area contributed by atoms with Crippen molar-refractivity contribution in [1.29, 1.82) is 0 Å². The molecule has 0 aliphatic rings. The first kappa shape index (κ1) is 12.7. The third-order valence-corrected chi connectivity index (χ3v) is 2.85. The molecule has 0 radical (unpaired) electrons. The van der Waals surface area contributed by atoms with Gasteiger partial charge in [0.1, 0.15) is 18.0 Å². The van der Waals surface area contributed by atoms with Crippen molar-refractivity contribution < 1.29 is 4.39 Å². The van der Waals surface area contributed by atoms with Crippen LogP contribution in [-0.4, -0.2) is 20.8 Å². The maximum Gasteiger partial charge on any atom is 0.138 e. The Kier molecular flexibility index (Phi) is 4.04. The molecule has 1 heterocycles. The fraction of sp³-hybridized carbons (Fsp3) is 0.385. The van der Waals surface area contributed by atoms with Crippen LogP contribution in [0.2, 0.25) is 0 Å². The van der Waals surface area contributed by atoms with Gasteiger partial charge in [-0.3, -0.25) is 4.68 Å². The molecule has 2 rings (SSSR count). The summed E-state index contributed by atoms with van der Waals surface area (Å²) in [5.74, 6) is 0.671. The molecule has 0 saturated carbocycles. The zero-order valence-electron chi connectivity index (χ0n) is 10.4. The van der Waals surface area contributed by atoms with Crippen LogP contribution < -0.4 is 5.73 Å². The summed E-state index contributed by atoms with van der Waals surface area (Å²) in [6.45, 7) is 2.81. The average Bonchev–Trinajstić information content (AvgIpc) is 2.79. The minimum atomic E-state index is -0.224. The van der Waals surface area contributed by atoms with Crippen LogP contribution in [0.15, 0.2) is 30.6 Å². The second-order valence-electron chi connectivity index (χ2n) is 4.29. The first-order valence-electron chi connectivity index (χ1n) is 6.05. The summed E-state index contributed by atoms with van der Waals surface area (Å²) in [5, 5.41) is 4.11. The Morgan fingerprint density at radius 1 is 1.28 bits per heavy atom. The van der Waals surface area contributed by atoms with E-state index in [0.29, 0.717) is 12.8 Å². The van der Waals surface area contributed by atoms with Crippen LogP contribution in [0.1, 0.15) is 18.3 Å². The van der Waals surface area contributed by atoms with Crippen LogP contribution in [0, 0.1) is 5.82 Å². The van der Waals surface area contributed by atoms with Gasteiger partial charge in [0.15, 0.2) is 0 Å². The van der Waals surface area contributed by atoms with E-state index in [9.17, 15) is 4.39 Å². The Hall–Kier alpha value is -1.75. The van der Waals surface area contributed by atoms with Crippen molar-refractivity contribution in [1.82, 2.24) is 14.8 Å². The van der Waals surface area contributed by atoms with E-state index in [1.807, 2.05) is 11.6 Å². The Morgan fingerprint density at radius 3 is 2.67 bits per heavy atom. The van der Waals surface area contributed by atoms with E-state index in [-0.39, 0.29) is 11.9 Å². The molecule has 2 N–H and O–H groups in total. The number of nitrogens with zero attached hydrogens (tertiary/aromatic N) is 3. The van der Waals surface area contributed by atoms with Crippen LogP contribution in [0.3, 0.4) is 0 Å². The Labute approximate surface area is 106 Å². The van der Waals surface area contributed by atoms with E-state index in [2.05, 4.69) is 10.1 Å². The van der Waals surface area contributed by atoms with Gasteiger partial charge in [0.05, 0.1) is 0 Å². The Balaban J connectivity index is 1.96. The fourth-order valence-corrected chi connectivity index (χ4v) is 1.94. The summed E-state index contributed by atoms with van der Waals surface area (Å²) in [6, 6.07) is 6.40. The molecule has 96 valence electrons. The molecule has 0 aliphatic heterocycles. The van der Waals surface area contributed by atoms with Crippen molar-refractivity contribution in [2.24, 2.45) is 5.73 Å². The lowest BCUT2D eigenvalue weighted by atomic mass is 10.0. The van der Waals surface area contributed by atoms with Crippen molar-refractivity contribution in [3.63, 3.8) is 0 Å². The standard InChI is InChI=1S/C13H17FN4/c1-2-18-13(16-9-17-18)8-12(15)7-10-3-5-11(14)6-4-10/h3-6,9,12H,2,7-8,15H2,1H3. The lowest BCUT2D eigenvalue weighted by Gasteiger charge is -2.11. The lowest BCUT2D eigenvalue weighted by Crippen LogP contribution is -2.27. The van der Waals surface area contributed by atoms with Crippen LogP contribution in [0.4, 0.5) is 4.39 Å². The number of aromatic nitrogens is 3. The summed E-state index contributed by atoms with van der Waals surface area (Å²) < 4.78 is 14.6. The smallest absolute Gasteiger partial charge is 0.138 e. The topological polar surface area (TPSA) is 56.7 Å². The van der Waals surface area contributed by atoms with E-state index in [1.165, 1.54) is 12.1 Å². The van der Waals surface area contributed by atoms with Crippen LogP contribution in [0.25, 0.3) is 0 Å². The van der Waals surface area contributed by atoms with Crippen molar-refractivity contribution in [2.45, 2.75) is 32.4 Å². The molecule has 0 spiro atoms. The number of benzene rings is 1. The van der Waals surface area contributed by atoms with Gasteiger partial charge in [-0.25, -0.2) is 9.37 Å². The zero-order valence-corrected chi connectivity index (χ0v) is 10.4. The van der Waals surface area contributed by atoms with Crippen molar-refractivity contribution in [3.8, 4) is 0 Å². The maximum atomic E-state index is 12.8. The van der Waals surface area contributed by atoms with Crippen LogP contribution in [0.5, 0.6) is 0 Å². The second kappa shape index (κ2) is 5.73. The van der Waals surface area contributed by atoms with Crippen molar-refractivity contribution in [3.05, 3.63) is 47.8 Å². The lowest BCUT2D eigenvalue weighted by molar-refractivity contribution is 0.566. The number of halogens is 1. The van der Waals surface area contributed by atoms with Gasteiger partial charge in [0, 0.05) is 19.0 Å². The van der Waals surface area contributed by atoms with Crippen LogP contribution >= 0.6 is 0 Å². The molecule has 18 heavy (non-hydrogen) atoms. The number of rotatable bonds is 5. The summed E-state index contributed by atoms with van der Waals surface area (Å²) in [4.78, 5) is 4.19.